The van der Waals surface area contributed by atoms with Crippen molar-refractivity contribution in [3.63, 3.8) is 0 Å². The van der Waals surface area contributed by atoms with E-state index in [1.807, 2.05) is 6.92 Å². The Labute approximate surface area is 116 Å². The lowest BCUT2D eigenvalue weighted by molar-refractivity contribution is -0.138. The Kier molecular flexibility index (Phi) is 7.37. The maximum absolute atomic E-state index is 13.1. The lowest BCUT2D eigenvalue weighted by Crippen LogP contribution is -2.18. The van der Waals surface area contributed by atoms with Crippen molar-refractivity contribution in [2.45, 2.75) is 44.8 Å². The topological polar surface area (TPSA) is 26.0 Å². The van der Waals surface area contributed by atoms with Crippen molar-refractivity contribution in [2.24, 2.45) is 5.73 Å². The molecule has 0 saturated heterocycles. The van der Waals surface area contributed by atoms with Crippen LogP contribution in [-0.2, 0) is 6.18 Å². The molecule has 1 aromatic carbocycles. The van der Waals surface area contributed by atoms with Crippen molar-refractivity contribution >= 4 is 12.4 Å². The zero-order chi connectivity index (χ0) is 13.8. The highest BCUT2D eigenvalue weighted by Crippen LogP contribution is 2.35. The summed E-state index contributed by atoms with van der Waals surface area (Å²) in [7, 11) is 0. The summed E-state index contributed by atoms with van der Waals surface area (Å²) in [5, 5.41) is 0. The number of benzene rings is 1. The third kappa shape index (κ3) is 5.37. The van der Waals surface area contributed by atoms with Gasteiger partial charge in [0.25, 0.3) is 0 Å². The highest BCUT2D eigenvalue weighted by atomic mass is 35.5. The summed E-state index contributed by atoms with van der Waals surface area (Å²) in [6, 6.07) is 1.68. The van der Waals surface area contributed by atoms with Gasteiger partial charge < -0.3 is 5.73 Å². The van der Waals surface area contributed by atoms with Gasteiger partial charge in [0.2, 0.25) is 0 Å². The van der Waals surface area contributed by atoms with Crippen LogP contribution in [0.4, 0.5) is 17.6 Å². The molecule has 1 rings (SSSR count). The van der Waals surface area contributed by atoms with Crippen LogP contribution < -0.4 is 5.73 Å². The molecule has 0 heterocycles. The van der Waals surface area contributed by atoms with Crippen LogP contribution in [0.15, 0.2) is 18.2 Å². The Bertz CT molecular complexity index is 393. The molecule has 1 nitrogen and oxygen atoms in total. The van der Waals surface area contributed by atoms with E-state index >= 15 is 0 Å². The molecule has 0 aromatic heterocycles. The molecule has 6 heteroatoms. The molecular formula is C13H18ClF4N. The second kappa shape index (κ2) is 7.70. The largest absolute Gasteiger partial charge is 0.416 e. The number of hydrogen-bond donors (Lipinski definition) is 1. The van der Waals surface area contributed by atoms with Gasteiger partial charge in [-0.25, -0.2) is 4.39 Å². The van der Waals surface area contributed by atoms with E-state index in [1.165, 1.54) is 0 Å². The number of alkyl halides is 3. The summed E-state index contributed by atoms with van der Waals surface area (Å²) >= 11 is 0. The van der Waals surface area contributed by atoms with Crippen molar-refractivity contribution in [1.29, 1.82) is 0 Å². The van der Waals surface area contributed by atoms with Gasteiger partial charge in [-0.1, -0.05) is 26.2 Å². The number of rotatable bonds is 5. The van der Waals surface area contributed by atoms with Gasteiger partial charge >= 0.3 is 6.18 Å². The summed E-state index contributed by atoms with van der Waals surface area (Å²) in [5.74, 6) is -0.691. The van der Waals surface area contributed by atoms with E-state index < -0.39 is 23.6 Å². The predicted molar refractivity (Wildman–Crippen MR) is 69.7 cm³/mol. The molecule has 0 saturated carbocycles. The number of unbranched alkanes of at least 4 members (excludes halogenated alkanes) is 2. The van der Waals surface area contributed by atoms with Gasteiger partial charge in [-0.2, -0.15) is 13.2 Å². The maximum Gasteiger partial charge on any atom is 0.416 e. The first kappa shape index (κ1) is 18.2. The molecule has 1 atom stereocenters. The zero-order valence-corrected chi connectivity index (χ0v) is 11.5. The van der Waals surface area contributed by atoms with Crippen molar-refractivity contribution in [3.8, 4) is 0 Å². The summed E-state index contributed by atoms with van der Waals surface area (Å²) in [5.41, 5.74) is 4.74. The van der Waals surface area contributed by atoms with E-state index in [0.29, 0.717) is 6.42 Å². The van der Waals surface area contributed by atoms with Crippen LogP contribution in [0, 0.1) is 5.82 Å². The van der Waals surface area contributed by atoms with Crippen LogP contribution in [-0.4, -0.2) is 0 Å². The average Bonchev–Trinajstić information content (AvgIpc) is 2.27. The second-order valence-electron chi connectivity index (χ2n) is 4.33. The maximum atomic E-state index is 13.1. The van der Waals surface area contributed by atoms with E-state index in [9.17, 15) is 17.6 Å². The Balaban J connectivity index is 0.00000324. The zero-order valence-electron chi connectivity index (χ0n) is 10.6. The van der Waals surface area contributed by atoms with E-state index in [4.69, 9.17) is 5.73 Å². The fourth-order valence-corrected chi connectivity index (χ4v) is 1.87. The molecule has 0 aliphatic carbocycles. The van der Waals surface area contributed by atoms with Crippen molar-refractivity contribution in [2.75, 3.05) is 0 Å². The summed E-state index contributed by atoms with van der Waals surface area (Å²) in [6.07, 6.45) is -1.45. The fourth-order valence-electron chi connectivity index (χ4n) is 1.87. The lowest BCUT2D eigenvalue weighted by Gasteiger charge is -2.18. The molecule has 0 aliphatic heterocycles. The summed E-state index contributed by atoms with van der Waals surface area (Å²) < 4.78 is 51.3. The SMILES string of the molecule is CCCCC[C@H](N)c1cc(F)ccc1C(F)(F)F.Cl. The summed E-state index contributed by atoms with van der Waals surface area (Å²) in [6.45, 7) is 1.99. The highest BCUT2D eigenvalue weighted by Gasteiger charge is 2.34. The molecule has 0 aliphatic rings. The third-order valence-electron chi connectivity index (χ3n) is 2.84. The van der Waals surface area contributed by atoms with Gasteiger partial charge in [0, 0.05) is 6.04 Å². The van der Waals surface area contributed by atoms with Crippen LogP contribution in [0.2, 0.25) is 0 Å². The number of hydrogen-bond acceptors (Lipinski definition) is 1. The van der Waals surface area contributed by atoms with Gasteiger partial charge in [-0.3, -0.25) is 0 Å². The molecule has 0 spiro atoms. The van der Waals surface area contributed by atoms with Gasteiger partial charge in [-0.05, 0) is 30.2 Å². The predicted octanol–water partition coefficient (Wildman–Crippen LogP) is 4.85. The Hall–Kier alpha value is -0.810. The van der Waals surface area contributed by atoms with Crippen LogP contribution >= 0.6 is 12.4 Å². The third-order valence-corrected chi connectivity index (χ3v) is 2.84. The quantitative estimate of drug-likeness (QED) is 0.610. The van der Waals surface area contributed by atoms with Gasteiger partial charge in [0.15, 0.2) is 0 Å². The summed E-state index contributed by atoms with van der Waals surface area (Å²) in [4.78, 5) is 0. The molecule has 110 valence electrons. The molecule has 0 fully saturated rings. The Morgan fingerprint density at radius 2 is 1.84 bits per heavy atom. The first-order valence-electron chi connectivity index (χ1n) is 5.98. The van der Waals surface area contributed by atoms with Gasteiger partial charge in [0.05, 0.1) is 5.56 Å². The minimum atomic E-state index is -4.49. The molecule has 0 radical (unpaired) electrons. The molecule has 19 heavy (non-hydrogen) atoms. The molecule has 0 bridgehead atoms. The van der Waals surface area contributed by atoms with Crippen LogP contribution in [0.5, 0.6) is 0 Å². The fraction of sp³-hybridized carbons (Fsp3) is 0.538. The average molecular weight is 300 g/mol. The smallest absolute Gasteiger partial charge is 0.324 e. The molecule has 2 N–H and O–H groups in total. The highest BCUT2D eigenvalue weighted by molar-refractivity contribution is 5.85. The van der Waals surface area contributed by atoms with Gasteiger partial charge in [-0.15, -0.1) is 12.4 Å². The van der Waals surface area contributed by atoms with E-state index in [-0.39, 0.29) is 18.0 Å². The molecular weight excluding hydrogens is 282 g/mol. The first-order valence-corrected chi connectivity index (χ1v) is 5.98. The normalized spacial score (nSPS) is 12.9. The van der Waals surface area contributed by atoms with Crippen molar-refractivity contribution in [1.82, 2.24) is 0 Å². The Morgan fingerprint density at radius 3 is 2.37 bits per heavy atom. The number of nitrogens with two attached hydrogens (primary N) is 1. The van der Waals surface area contributed by atoms with E-state index in [0.717, 1.165) is 37.5 Å². The van der Waals surface area contributed by atoms with Crippen LogP contribution in [0.1, 0.15) is 49.8 Å². The number of halogens is 5. The standard InChI is InChI=1S/C13H17F4N.ClH/c1-2-3-4-5-12(18)10-8-9(14)6-7-11(10)13(15,16)17;/h6-8,12H,2-5,18H2,1H3;1H/t12-;/m0./s1. The molecule has 0 unspecified atom stereocenters. The minimum absolute atomic E-state index is 0. The Morgan fingerprint density at radius 1 is 1.21 bits per heavy atom. The minimum Gasteiger partial charge on any atom is -0.324 e. The monoisotopic (exact) mass is 299 g/mol. The van der Waals surface area contributed by atoms with Crippen LogP contribution in [0.3, 0.4) is 0 Å². The first-order chi connectivity index (χ1) is 8.36. The van der Waals surface area contributed by atoms with E-state index in [1.54, 1.807) is 0 Å². The van der Waals surface area contributed by atoms with Crippen molar-refractivity contribution < 1.29 is 17.6 Å². The second-order valence-corrected chi connectivity index (χ2v) is 4.33. The van der Waals surface area contributed by atoms with Gasteiger partial charge in [0.1, 0.15) is 5.82 Å². The van der Waals surface area contributed by atoms with Crippen molar-refractivity contribution in [3.05, 3.63) is 35.1 Å². The van der Waals surface area contributed by atoms with Crippen LogP contribution in [0.25, 0.3) is 0 Å². The van der Waals surface area contributed by atoms with E-state index in [2.05, 4.69) is 0 Å². The molecule has 0 amide bonds. The molecule has 1 aromatic rings. The lowest BCUT2D eigenvalue weighted by atomic mass is 9.96.